The maximum atomic E-state index is 9.66. The van der Waals surface area contributed by atoms with Gasteiger partial charge in [-0.25, -0.2) is 4.98 Å². The lowest BCUT2D eigenvalue weighted by molar-refractivity contribution is 0.257. The number of pyridine rings is 1. The highest BCUT2D eigenvalue weighted by Gasteiger charge is 2.22. The van der Waals surface area contributed by atoms with E-state index in [9.17, 15) is 5.26 Å². The second-order valence-electron chi connectivity index (χ2n) is 7.06. The molecule has 1 aliphatic carbocycles. The van der Waals surface area contributed by atoms with Gasteiger partial charge in [0.2, 0.25) is 0 Å². The number of methoxy groups -OCH3 is 1. The van der Waals surface area contributed by atoms with Gasteiger partial charge >= 0.3 is 0 Å². The number of nitrogens with zero attached hydrogens (tertiary/aromatic N) is 2. The van der Waals surface area contributed by atoms with Gasteiger partial charge in [-0.3, -0.25) is 0 Å². The highest BCUT2D eigenvalue weighted by atomic mass is 16.5. The van der Waals surface area contributed by atoms with Crippen LogP contribution in [0.5, 0.6) is 11.5 Å². The SMILES string of the molecule is COc1cc(-c2c(C#N)c(N)nc3c2CCCC3)ccc1OCC(C)C. The Bertz CT molecular complexity index is 853. The Kier molecular flexibility index (Phi) is 5.32. The van der Waals surface area contributed by atoms with Crippen LogP contribution in [0.25, 0.3) is 11.1 Å². The number of nitrogen functional groups attached to an aromatic ring is 1. The summed E-state index contributed by atoms with van der Waals surface area (Å²) in [5, 5.41) is 9.66. The highest BCUT2D eigenvalue weighted by Crippen LogP contribution is 2.39. The van der Waals surface area contributed by atoms with E-state index in [1.54, 1.807) is 7.11 Å². The quantitative estimate of drug-likeness (QED) is 0.876. The number of nitriles is 1. The van der Waals surface area contributed by atoms with Gasteiger partial charge in [-0.1, -0.05) is 19.9 Å². The lowest BCUT2D eigenvalue weighted by Crippen LogP contribution is -2.12. The summed E-state index contributed by atoms with van der Waals surface area (Å²) in [6.07, 6.45) is 4.03. The number of hydrogen-bond donors (Lipinski definition) is 1. The van der Waals surface area contributed by atoms with Gasteiger partial charge in [-0.05, 0) is 54.9 Å². The zero-order chi connectivity index (χ0) is 18.7. The molecule has 0 unspecified atom stereocenters. The van der Waals surface area contributed by atoms with E-state index in [4.69, 9.17) is 15.2 Å². The van der Waals surface area contributed by atoms with Crippen molar-refractivity contribution in [2.45, 2.75) is 39.5 Å². The minimum atomic E-state index is 0.308. The average Bonchev–Trinajstić information content (AvgIpc) is 2.65. The first-order chi connectivity index (χ1) is 12.5. The van der Waals surface area contributed by atoms with Crippen LogP contribution in [-0.4, -0.2) is 18.7 Å². The Morgan fingerprint density at radius 3 is 2.69 bits per heavy atom. The van der Waals surface area contributed by atoms with Crippen LogP contribution in [0.1, 0.15) is 43.5 Å². The summed E-state index contributed by atoms with van der Waals surface area (Å²) in [7, 11) is 1.63. The first-order valence-electron chi connectivity index (χ1n) is 9.07. The third kappa shape index (κ3) is 3.45. The zero-order valence-electron chi connectivity index (χ0n) is 15.6. The maximum Gasteiger partial charge on any atom is 0.161 e. The van der Waals surface area contributed by atoms with Crippen LogP contribution in [0.2, 0.25) is 0 Å². The molecule has 0 radical (unpaired) electrons. The normalized spacial score (nSPS) is 13.2. The predicted octanol–water partition coefficient (Wildman–Crippen LogP) is 4.12. The molecule has 1 aromatic heterocycles. The van der Waals surface area contributed by atoms with Crippen molar-refractivity contribution in [3.05, 3.63) is 35.0 Å². The van der Waals surface area contributed by atoms with Crippen molar-refractivity contribution in [1.29, 1.82) is 5.26 Å². The molecule has 1 aromatic carbocycles. The average molecular weight is 351 g/mol. The topological polar surface area (TPSA) is 81.2 Å². The van der Waals surface area contributed by atoms with Crippen LogP contribution < -0.4 is 15.2 Å². The van der Waals surface area contributed by atoms with Gasteiger partial charge in [-0.2, -0.15) is 5.26 Å². The van der Waals surface area contributed by atoms with E-state index in [0.29, 0.717) is 35.4 Å². The standard InChI is InChI=1S/C21H25N3O2/c1-13(2)12-26-18-9-8-14(10-19(18)25-3)20-15-6-4-5-7-17(15)24-21(23)16(20)11-22/h8-10,13H,4-7,12H2,1-3H3,(H2,23,24). The van der Waals surface area contributed by atoms with Crippen molar-refractivity contribution in [2.24, 2.45) is 5.92 Å². The van der Waals surface area contributed by atoms with Crippen LogP contribution in [0.15, 0.2) is 18.2 Å². The molecule has 0 saturated carbocycles. The highest BCUT2D eigenvalue weighted by molar-refractivity contribution is 5.80. The summed E-state index contributed by atoms with van der Waals surface area (Å²) in [6, 6.07) is 8.06. The number of benzene rings is 1. The van der Waals surface area contributed by atoms with E-state index in [0.717, 1.165) is 48.1 Å². The lowest BCUT2D eigenvalue weighted by Gasteiger charge is -2.21. The molecule has 2 N–H and O–H groups in total. The lowest BCUT2D eigenvalue weighted by atomic mass is 9.86. The molecule has 1 heterocycles. The molecular weight excluding hydrogens is 326 g/mol. The minimum Gasteiger partial charge on any atom is -0.493 e. The van der Waals surface area contributed by atoms with Gasteiger partial charge in [0, 0.05) is 11.3 Å². The third-order valence-corrected chi connectivity index (χ3v) is 4.64. The molecule has 3 rings (SSSR count). The summed E-state index contributed by atoms with van der Waals surface area (Å²) < 4.78 is 11.4. The number of nitrogens with two attached hydrogens (primary N) is 1. The van der Waals surface area contributed by atoms with Gasteiger partial charge in [0.15, 0.2) is 11.5 Å². The van der Waals surface area contributed by atoms with Crippen molar-refractivity contribution in [2.75, 3.05) is 19.5 Å². The van der Waals surface area contributed by atoms with Crippen molar-refractivity contribution in [3.63, 3.8) is 0 Å². The van der Waals surface area contributed by atoms with E-state index in [2.05, 4.69) is 24.9 Å². The zero-order valence-corrected chi connectivity index (χ0v) is 15.6. The molecule has 26 heavy (non-hydrogen) atoms. The fraction of sp³-hybridized carbons (Fsp3) is 0.429. The van der Waals surface area contributed by atoms with Gasteiger partial charge < -0.3 is 15.2 Å². The smallest absolute Gasteiger partial charge is 0.161 e. The number of aryl methyl sites for hydroxylation is 1. The molecule has 5 heteroatoms. The van der Waals surface area contributed by atoms with E-state index >= 15 is 0 Å². The Morgan fingerprint density at radius 2 is 2.00 bits per heavy atom. The molecule has 0 spiro atoms. The molecular formula is C21H25N3O2. The number of rotatable bonds is 5. The number of hydrogen-bond acceptors (Lipinski definition) is 5. The van der Waals surface area contributed by atoms with Crippen LogP contribution >= 0.6 is 0 Å². The van der Waals surface area contributed by atoms with E-state index in [-0.39, 0.29) is 0 Å². The molecule has 0 saturated heterocycles. The number of ether oxygens (including phenoxy) is 2. The fourth-order valence-corrected chi connectivity index (χ4v) is 3.39. The Hall–Kier alpha value is -2.74. The Morgan fingerprint density at radius 1 is 1.23 bits per heavy atom. The summed E-state index contributed by atoms with van der Waals surface area (Å²) in [5.74, 6) is 2.10. The fourth-order valence-electron chi connectivity index (χ4n) is 3.39. The predicted molar refractivity (Wildman–Crippen MR) is 102 cm³/mol. The van der Waals surface area contributed by atoms with Crippen molar-refractivity contribution < 1.29 is 9.47 Å². The molecule has 0 atom stereocenters. The summed E-state index contributed by atoms with van der Waals surface area (Å²) in [6.45, 7) is 4.83. The molecule has 5 nitrogen and oxygen atoms in total. The molecule has 1 aliphatic rings. The molecule has 0 aliphatic heterocycles. The van der Waals surface area contributed by atoms with Crippen LogP contribution in [0, 0.1) is 17.2 Å². The first-order valence-corrected chi connectivity index (χ1v) is 9.07. The van der Waals surface area contributed by atoms with Crippen LogP contribution in [0.4, 0.5) is 5.82 Å². The number of anilines is 1. The van der Waals surface area contributed by atoms with Gasteiger partial charge in [0.05, 0.1) is 13.7 Å². The van der Waals surface area contributed by atoms with Gasteiger partial charge in [0.25, 0.3) is 0 Å². The van der Waals surface area contributed by atoms with Crippen LogP contribution in [0.3, 0.4) is 0 Å². The van der Waals surface area contributed by atoms with Crippen molar-refractivity contribution in [1.82, 2.24) is 4.98 Å². The Balaban J connectivity index is 2.12. The summed E-state index contributed by atoms with van der Waals surface area (Å²) >= 11 is 0. The number of aromatic nitrogens is 1. The van der Waals surface area contributed by atoms with E-state index in [1.165, 1.54) is 0 Å². The van der Waals surface area contributed by atoms with Crippen molar-refractivity contribution in [3.8, 4) is 28.7 Å². The maximum absolute atomic E-state index is 9.66. The third-order valence-electron chi connectivity index (χ3n) is 4.64. The first kappa shape index (κ1) is 18.1. The van der Waals surface area contributed by atoms with Crippen molar-refractivity contribution >= 4 is 5.82 Å². The monoisotopic (exact) mass is 351 g/mol. The van der Waals surface area contributed by atoms with Gasteiger partial charge in [-0.15, -0.1) is 0 Å². The minimum absolute atomic E-state index is 0.308. The second kappa shape index (κ2) is 7.65. The number of fused-ring (bicyclic) bond motifs is 1. The van der Waals surface area contributed by atoms with E-state index < -0.39 is 0 Å². The molecule has 0 bridgehead atoms. The molecule has 136 valence electrons. The van der Waals surface area contributed by atoms with E-state index in [1.807, 2.05) is 18.2 Å². The largest absolute Gasteiger partial charge is 0.493 e. The Labute approximate surface area is 154 Å². The summed E-state index contributed by atoms with van der Waals surface area (Å²) in [4.78, 5) is 4.48. The second-order valence-corrected chi connectivity index (χ2v) is 7.06. The van der Waals surface area contributed by atoms with Crippen LogP contribution in [-0.2, 0) is 12.8 Å². The van der Waals surface area contributed by atoms with Gasteiger partial charge in [0.1, 0.15) is 17.5 Å². The summed E-state index contributed by atoms with van der Waals surface area (Å²) in [5.41, 5.74) is 10.5. The molecule has 0 fully saturated rings. The molecule has 0 amide bonds. The molecule has 2 aromatic rings.